The zero-order valence-electron chi connectivity index (χ0n) is 9.98. The van der Waals surface area contributed by atoms with Crippen LogP contribution >= 0.6 is 15.9 Å². The highest BCUT2D eigenvalue weighted by Crippen LogP contribution is 2.25. The Balaban J connectivity index is 2.26. The number of halogens is 1. The van der Waals surface area contributed by atoms with Gasteiger partial charge in [-0.25, -0.2) is 0 Å². The number of nitrogens with zero attached hydrogens (tertiary/aromatic N) is 2. The molecule has 0 atom stereocenters. The predicted molar refractivity (Wildman–Crippen MR) is 73.2 cm³/mol. The number of anilines is 1. The Labute approximate surface area is 110 Å². The smallest absolute Gasteiger partial charge is 0.172 e. The Morgan fingerprint density at radius 1 is 1.18 bits per heavy atom. The van der Waals surface area contributed by atoms with Crippen molar-refractivity contribution in [1.82, 2.24) is 5.16 Å². The molecule has 0 aliphatic heterocycles. The molecule has 0 unspecified atom stereocenters. The van der Waals surface area contributed by atoms with Gasteiger partial charge in [-0.2, -0.15) is 0 Å². The number of hydrogen-bond donors (Lipinski definition) is 0. The minimum atomic E-state index is 0.805. The van der Waals surface area contributed by atoms with Gasteiger partial charge in [-0.05, 0) is 26.0 Å². The summed E-state index contributed by atoms with van der Waals surface area (Å²) in [5.74, 6) is 1.70. The van der Waals surface area contributed by atoms with Gasteiger partial charge in [0.25, 0.3) is 0 Å². The average molecular weight is 295 g/mol. The molecule has 0 bridgehead atoms. The first-order valence-corrected chi connectivity index (χ1v) is 6.51. The highest BCUT2D eigenvalue weighted by molar-refractivity contribution is 9.10. The van der Waals surface area contributed by atoms with E-state index in [0.717, 1.165) is 34.7 Å². The molecule has 4 heteroatoms. The van der Waals surface area contributed by atoms with E-state index in [4.69, 9.17) is 4.52 Å². The number of benzene rings is 1. The van der Waals surface area contributed by atoms with E-state index in [9.17, 15) is 0 Å². The molecule has 1 aromatic heterocycles. The monoisotopic (exact) mass is 294 g/mol. The summed E-state index contributed by atoms with van der Waals surface area (Å²) in [6.07, 6.45) is 0. The maximum Gasteiger partial charge on any atom is 0.172 e. The molecule has 2 rings (SSSR count). The second-order valence-electron chi connectivity index (χ2n) is 3.73. The third-order valence-corrected chi connectivity index (χ3v) is 3.24. The Morgan fingerprint density at radius 3 is 2.41 bits per heavy atom. The second-order valence-corrected chi connectivity index (χ2v) is 4.64. The maximum atomic E-state index is 5.37. The number of aromatic nitrogens is 1. The third-order valence-electron chi connectivity index (χ3n) is 2.71. The summed E-state index contributed by atoms with van der Waals surface area (Å²) in [6, 6.07) is 9.99. The van der Waals surface area contributed by atoms with Crippen LogP contribution in [-0.2, 0) is 0 Å². The molecule has 90 valence electrons. The molecule has 1 aromatic carbocycles. The van der Waals surface area contributed by atoms with Gasteiger partial charge >= 0.3 is 0 Å². The van der Waals surface area contributed by atoms with Crippen LogP contribution in [0.4, 0.5) is 5.82 Å². The molecule has 0 N–H and O–H groups in total. The summed E-state index contributed by atoms with van der Waals surface area (Å²) in [5.41, 5.74) is 1.04. The Morgan fingerprint density at radius 2 is 1.82 bits per heavy atom. The van der Waals surface area contributed by atoms with Gasteiger partial charge in [-0.3, -0.25) is 0 Å². The van der Waals surface area contributed by atoms with Crippen molar-refractivity contribution in [3.05, 3.63) is 34.8 Å². The average Bonchev–Trinajstić information content (AvgIpc) is 2.81. The number of rotatable bonds is 4. The van der Waals surface area contributed by atoms with Crippen LogP contribution in [0.1, 0.15) is 13.8 Å². The summed E-state index contributed by atoms with van der Waals surface area (Å²) in [4.78, 5) is 2.16. The largest absolute Gasteiger partial charge is 0.354 e. The van der Waals surface area contributed by atoms with E-state index < -0.39 is 0 Å². The van der Waals surface area contributed by atoms with Crippen molar-refractivity contribution in [2.75, 3.05) is 18.0 Å². The highest BCUT2D eigenvalue weighted by atomic mass is 79.9. The van der Waals surface area contributed by atoms with Gasteiger partial charge in [0.15, 0.2) is 11.6 Å². The van der Waals surface area contributed by atoms with Crippen molar-refractivity contribution in [2.45, 2.75) is 13.8 Å². The SMILES string of the molecule is CCN(CC)c1cc(-c2ccc(Br)cc2)on1. The van der Waals surface area contributed by atoms with Gasteiger partial charge in [0.2, 0.25) is 0 Å². The van der Waals surface area contributed by atoms with Crippen molar-refractivity contribution in [1.29, 1.82) is 0 Å². The van der Waals surface area contributed by atoms with Crippen LogP contribution in [0.25, 0.3) is 11.3 Å². The summed E-state index contributed by atoms with van der Waals surface area (Å²) in [7, 11) is 0. The first-order valence-electron chi connectivity index (χ1n) is 5.72. The second kappa shape index (κ2) is 5.36. The molecule has 17 heavy (non-hydrogen) atoms. The van der Waals surface area contributed by atoms with Crippen molar-refractivity contribution in [3.63, 3.8) is 0 Å². The molecule has 0 radical (unpaired) electrons. The fourth-order valence-corrected chi connectivity index (χ4v) is 1.98. The molecule has 3 nitrogen and oxygen atoms in total. The molecule has 1 heterocycles. The summed E-state index contributed by atoms with van der Waals surface area (Å²) < 4.78 is 6.43. The lowest BCUT2D eigenvalue weighted by molar-refractivity contribution is 0.431. The quantitative estimate of drug-likeness (QED) is 0.855. The Bertz CT molecular complexity index is 474. The minimum Gasteiger partial charge on any atom is -0.354 e. The van der Waals surface area contributed by atoms with Gasteiger partial charge in [-0.1, -0.05) is 33.2 Å². The predicted octanol–water partition coefficient (Wildman–Crippen LogP) is 3.95. The minimum absolute atomic E-state index is 0.805. The fourth-order valence-electron chi connectivity index (χ4n) is 1.71. The molecule has 2 aromatic rings. The van der Waals surface area contributed by atoms with Crippen LogP contribution in [0, 0.1) is 0 Å². The van der Waals surface area contributed by atoms with E-state index in [1.165, 1.54) is 0 Å². The van der Waals surface area contributed by atoms with Gasteiger partial charge < -0.3 is 9.42 Å². The molecule has 0 aliphatic carbocycles. The van der Waals surface area contributed by atoms with E-state index in [-0.39, 0.29) is 0 Å². The van der Waals surface area contributed by atoms with Gasteiger partial charge in [-0.15, -0.1) is 0 Å². The fraction of sp³-hybridized carbons (Fsp3) is 0.308. The van der Waals surface area contributed by atoms with Crippen molar-refractivity contribution >= 4 is 21.7 Å². The molecule has 0 aliphatic rings. The third kappa shape index (κ3) is 2.69. The van der Waals surface area contributed by atoms with Crippen LogP contribution in [0.5, 0.6) is 0 Å². The molecular formula is C13H15BrN2O. The summed E-state index contributed by atoms with van der Waals surface area (Å²) in [6.45, 7) is 6.08. The first-order chi connectivity index (χ1) is 8.24. The van der Waals surface area contributed by atoms with E-state index in [1.54, 1.807) is 0 Å². The summed E-state index contributed by atoms with van der Waals surface area (Å²) >= 11 is 3.41. The zero-order valence-corrected chi connectivity index (χ0v) is 11.6. The van der Waals surface area contributed by atoms with Crippen LogP contribution in [0.2, 0.25) is 0 Å². The summed E-state index contributed by atoms with van der Waals surface area (Å²) in [5, 5.41) is 4.10. The molecule has 0 fully saturated rings. The van der Waals surface area contributed by atoms with Crippen LogP contribution in [-0.4, -0.2) is 18.2 Å². The van der Waals surface area contributed by atoms with E-state index in [0.29, 0.717) is 0 Å². The van der Waals surface area contributed by atoms with Crippen LogP contribution < -0.4 is 4.90 Å². The van der Waals surface area contributed by atoms with Gasteiger partial charge in [0.1, 0.15) is 0 Å². The molecular weight excluding hydrogens is 280 g/mol. The van der Waals surface area contributed by atoms with Crippen LogP contribution in [0.15, 0.2) is 39.3 Å². The lowest BCUT2D eigenvalue weighted by Gasteiger charge is -2.15. The maximum absolute atomic E-state index is 5.37. The topological polar surface area (TPSA) is 29.3 Å². The number of hydrogen-bond acceptors (Lipinski definition) is 3. The van der Waals surface area contributed by atoms with Crippen molar-refractivity contribution in [2.24, 2.45) is 0 Å². The Hall–Kier alpha value is -1.29. The highest BCUT2D eigenvalue weighted by Gasteiger charge is 2.10. The van der Waals surface area contributed by atoms with E-state index in [1.807, 2.05) is 30.3 Å². The van der Waals surface area contributed by atoms with Gasteiger partial charge in [0, 0.05) is 29.2 Å². The normalized spacial score (nSPS) is 10.5. The lowest BCUT2D eigenvalue weighted by Crippen LogP contribution is -2.21. The molecule has 0 spiro atoms. The van der Waals surface area contributed by atoms with E-state index >= 15 is 0 Å². The standard InChI is InChI=1S/C13H15BrN2O/c1-3-16(4-2)13-9-12(17-15-13)10-5-7-11(14)8-6-10/h5-9H,3-4H2,1-2H3. The van der Waals surface area contributed by atoms with E-state index in [2.05, 4.69) is 39.8 Å². The Kier molecular flexibility index (Phi) is 3.84. The van der Waals surface area contributed by atoms with Gasteiger partial charge in [0.05, 0.1) is 0 Å². The molecule has 0 saturated heterocycles. The lowest BCUT2D eigenvalue weighted by atomic mass is 10.2. The zero-order chi connectivity index (χ0) is 12.3. The molecule has 0 saturated carbocycles. The van der Waals surface area contributed by atoms with Crippen molar-refractivity contribution in [3.8, 4) is 11.3 Å². The van der Waals surface area contributed by atoms with Crippen LogP contribution in [0.3, 0.4) is 0 Å². The van der Waals surface area contributed by atoms with Crippen molar-refractivity contribution < 1.29 is 4.52 Å². The molecule has 0 amide bonds. The first kappa shape index (κ1) is 12.2.